The number of amides is 1. The summed E-state index contributed by atoms with van der Waals surface area (Å²) >= 11 is 0. The third-order valence-electron chi connectivity index (χ3n) is 3.55. The normalized spacial score (nSPS) is 27.1. The van der Waals surface area contributed by atoms with Crippen molar-refractivity contribution in [3.8, 4) is 5.75 Å². The van der Waals surface area contributed by atoms with Gasteiger partial charge >= 0.3 is 0 Å². The lowest BCUT2D eigenvalue weighted by atomic mass is 10.1. The number of carbonyl (C=O) groups is 1. The number of hydrogen-bond donors (Lipinski definition) is 1. The van der Waals surface area contributed by atoms with Crippen molar-refractivity contribution in [2.45, 2.75) is 12.5 Å². The predicted molar refractivity (Wildman–Crippen MR) is 61.6 cm³/mol. The molecule has 3 rings (SSSR count). The molecule has 17 heavy (non-hydrogen) atoms. The number of likely N-dealkylation sites (tertiary alicyclic amines) is 1. The molecule has 1 aromatic carbocycles. The van der Waals surface area contributed by atoms with Crippen molar-refractivity contribution in [2.75, 3.05) is 19.8 Å². The number of ether oxygens (including phenoxy) is 1. The number of aliphatic hydroxyl groups is 1. The van der Waals surface area contributed by atoms with Crippen molar-refractivity contribution in [3.05, 3.63) is 29.8 Å². The summed E-state index contributed by atoms with van der Waals surface area (Å²) in [5, 5.41) is 9.13. The number of aliphatic hydroxyl groups excluding tert-OH is 1. The Hall–Kier alpha value is -1.55. The number of nitrogens with zero attached hydrogens (tertiary/aromatic N) is 1. The molecule has 0 aliphatic carbocycles. The fourth-order valence-electron chi connectivity index (χ4n) is 2.64. The summed E-state index contributed by atoms with van der Waals surface area (Å²) < 4.78 is 5.58. The number of rotatable bonds is 2. The molecule has 0 saturated carbocycles. The molecule has 2 heterocycles. The lowest BCUT2D eigenvalue weighted by Crippen LogP contribution is -2.31. The Kier molecular flexibility index (Phi) is 2.52. The lowest BCUT2D eigenvalue weighted by Gasteiger charge is -2.23. The molecule has 4 nitrogen and oxygen atoms in total. The summed E-state index contributed by atoms with van der Waals surface area (Å²) in [6, 6.07) is 7.86. The molecule has 0 bridgehead atoms. The fraction of sp³-hybridized carbons (Fsp3) is 0.462. The van der Waals surface area contributed by atoms with E-state index < -0.39 is 0 Å². The van der Waals surface area contributed by atoms with Gasteiger partial charge in [-0.15, -0.1) is 0 Å². The van der Waals surface area contributed by atoms with Crippen LogP contribution in [0.15, 0.2) is 24.3 Å². The Morgan fingerprint density at radius 3 is 3.00 bits per heavy atom. The fourth-order valence-corrected chi connectivity index (χ4v) is 2.64. The molecule has 90 valence electrons. The molecule has 1 amide bonds. The summed E-state index contributed by atoms with van der Waals surface area (Å²) in [6.45, 7) is 1.25. The van der Waals surface area contributed by atoms with Gasteiger partial charge in [0.25, 0.3) is 0 Å². The number of benzene rings is 1. The van der Waals surface area contributed by atoms with Gasteiger partial charge in [-0.05, 0) is 6.07 Å². The molecule has 2 unspecified atom stereocenters. The Morgan fingerprint density at radius 1 is 1.41 bits per heavy atom. The zero-order valence-corrected chi connectivity index (χ0v) is 9.50. The van der Waals surface area contributed by atoms with Gasteiger partial charge in [0.2, 0.25) is 5.91 Å². The van der Waals surface area contributed by atoms with E-state index in [1.165, 1.54) is 0 Å². The molecule has 0 spiro atoms. The summed E-state index contributed by atoms with van der Waals surface area (Å²) in [7, 11) is 0. The summed E-state index contributed by atoms with van der Waals surface area (Å²) in [5.41, 5.74) is 1.08. The van der Waals surface area contributed by atoms with E-state index in [0.717, 1.165) is 11.3 Å². The largest absolute Gasteiger partial charge is 0.491 e. The Labute approximate surface area is 99.8 Å². The molecule has 1 aromatic rings. The molecule has 1 saturated heterocycles. The molecule has 1 N–H and O–H groups in total. The van der Waals surface area contributed by atoms with Crippen molar-refractivity contribution < 1.29 is 14.6 Å². The highest BCUT2D eigenvalue weighted by Crippen LogP contribution is 2.38. The van der Waals surface area contributed by atoms with Crippen LogP contribution in [0.5, 0.6) is 5.75 Å². The van der Waals surface area contributed by atoms with Gasteiger partial charge in [0, 0.05) is 31.1 Å². The minimum absolute atomic E-state index is 0.0234. The second-order valence-corrected chi connectivity index (χ2v) is 4.66. The molecule has 2 aliphatic heterocycles. The smallest absolute Gasteiger partial charge is 0.223 e. The Morgan fingerprint density at radius 2 is 2.24 bits per heavy atom. The lowest BCUT2D eigenvalue weighted by molar-refractivity contribution is -0.130. The van der Waals surface area contributed by atoms with Gasteiger partial charge in [0.15, 0.2) is 0 Å². The first-order valence-electron chi connectivity index (χ1n) is 5.91. The quantitative estimate of drug-likeness (QED) is 0.827. The van der Waals surface area contributed by atoms with Crippen molar-refractivity contribution in [3.63, 3.8) is 0 Å². The van der Waals surface area contributed by atoms with Gasteiger partial charge in [-0.3, -0.25) is 4.79 Å². The number of para-hydroxylation sites is 1. The maximum absolute atomic E-state index is 11.9. The number of hydrogen-bond acceptors (Lipinski definition) is 3. The van der Waals surface area contributed by atoms with Crippen LogP contribution >= 0.6 is 0 Å². The maximum atomic E-state index is 11.9. The first-order chi connectivity index (χ1) is 8.29. The second-order valence-electron chi connectivity index (χ2n) is 4.66. The molecule has 0 radical (unpaired) electrons. The van der Waals surface area contributed by atoms with Crippen LogP contribution in [0.2, 0.25) is 0 Å². The zero-order valence-electron chi connectivity index (χ0n) is 9.50. The van der Waals surface area contributed by atoms with E-state index in [1.807, 2.05) is 29.2 Å². The van der Waals surface area contributed by atoms with Crippen LogP contribution in [0.3, 0.4) is 0 Å². The van der Waals surface area contributed by atoms with Crippen LogP contribution in [0.4, 0.5) is 0 Å². The molecule has 2 atom stereocenters. The highest BCUT2D eigenvalue weighted by molar-refractivity contribution is 5.79. The average Bonchev–Trinajstić information content (AvgIpc) is 2.92. The van der Waals surface area contributed by atoms with E-state index in [0.29, 0.717) is 19.6 Å². The topological polar surface area (TPSA) is 49.8 Å². The van der Waals surface area contributed by atoms with Gasteiger partial charge in [-0.1, -0.05) is 18.2 Å². The third kappa shape index (κ3) is 1.69. The van der Waals surface area contributed by atoms with E-state index in [2.05, 4.69) is 0 Å². The minimum atomic E-state index is 0.0234. The molecule has 2 aliphatic rings. The Balaban J connectivity index is 1.85. The highest BCUT2D eigenvalue weighted by atomic mass is 16.5. The molecule has 4 heteroatoms. The van der Waals surface area contributed by atoms with E-state index in [1.54, 1.807) is 0 Å². The van der Waals surface area contributed by atoms with Gasteiger partial charge in [-0.25, -0.2) is 0 Å². The van der Waals surface area contributed by atoms with Gasteiger partial charge < -0.3 is 14.7 Å². The van der Waals surface area contributed by atoms with Crippen molar-refractivity contribution in [1.82, 2.24) is 4.90 Å². The van der Waals surface area contributed by atoms with Gasteiger partial charge in [-0.2, -0.15) is 0 Å². The van der Waals surface area contributed by atoms with Crippen LogP contribution in [-0.4, -0.2) is 35.7 Å². The first kappa shape index (κ1) is 10.6. The van der Waals surface area contributed by atoms with Crippen LogP contribution < -0.4 is 4.74 Å². The number of fused-ring (bicyclic) bond motifs is 1. The van der Waals surface area contributed by atoms with E-state index >= 15 is 0 Å². The second kappa shape index (κ2) is 4.04. The SMILES string of the molecule is O=C1CC(CO)CN1C1COc2ccccc21. The van der Waals surface area contributed by atoms with Crippen molar-refractivity contribution >= 4 is 5.91 Å². The van der Waals surface area contributed by atoms with Crippen LogP contribution in [0.25, 0.3) is 0 Å². The highest BCUT2D eigenvalue weighted by Gasteiger charge is 2.38. The van der Waals surface area contributed by atoms with Crippen LogP contribution in [-0.2, 0) is 4.79 Å². The van der Waals surface area contributed by atoms with E-state index in [-0.39, 0.29) is 24.5 Å². The van der Waals surface area contributed by atoms with Crippen LogP contribution in [0.1, 0.15) is 18.0 Å². The molecule has 1 fully saturated rings. The molecular formula is C13H15NO3. The van der Waals surface area contributed by atoms with Gasteiger partial charge in [0.1, 0.15) is 12.4 Å². The molecule has 0 aromatic heterocycles. The molecular weight excluding hydrogens is 218 g/mol. The monoisotopic (exact) mass is 233 g/mol. The predicted octanol–water partition coefficient (Wildman–Crippen LogP) is 0.961. The summed E-state index contributed by atoms with van der Waals surface area (Å²) in [6.07, 6.45) is 0.454. The standard InChI is InChI=1S/C13H15NO3/c15-7-9-5-13(16)14(6-9)11-8-17-12-4-2-1-3-10(11)12/h1-4,9,11,15H,5-8H2. The van der Waals surface area contributed by atoms with Crippen molar-refractivity contribution in [2.24, 2.45) is 5.92 Å². The summed E-state index contributed by atoms with van der Waals surface area (Å²) in [4.78, 5) is 13.7. The number of carbonyl (C=O) groups excluding carboxylic acids is 1. The van der Waals surface area contributed by atoms with Crippen LogP contribution in [0, 0.1) is 5.92 Å². The first-order valence-corrected chi connectivity index (χ1v) is 5.91. The van der Waals surface area contributed by atoms with Gasteiger partial charge in [0.05, 0.1) is 6.04 Å². The maximum Gasteiger partial charge on any atom is 0.223 e. The third-order valence-corrected chi connectivity index (χ3v) is 3.55. The Bertz CT molecular complexity index is 446. The van der Waals surface area contributed by atoms with E-state index in [4.69, 9.17) is 9.84 Å². The van der Waals surface area contributed by atoms with E-state index in [9.17, 15) is 4.79 Å². The van der Waals surface area contributed by atoms with Crippen molar-refractivity contribution in [1.29, 1.82) is 0 Å². The summed E-state index contributed by atoms with van der Waals surface area (Å²) in [5.74, 6) is 1.07. The minimum Gasteiger partial charge on any atom is -0.491 e. The zero-order chi connectivity index (χ0) is 11.8. The average molecular weight is 233 g/mol.